The molecule has 0 heterocycles. The third-order valence-corrected chi connectivity index (χ3v) is 9.77. The lowest BCUT2D eigenvalue weighted by atomic mass is 9.45. The van der Waals surface area contributed by atoms with Crippen molar-refractivity contribution in [2.75, 3.05) is 0 Å². The highest BCUT2D eigenvalue weighted by atomic mass is 127. The Morgan fingerprint density at radius 3 is 2.52 bits per heavy atom. The largest absolute Gasteiger partial charge is 0.393 e. The zero-order chi connectivity index (χ0) is 14.8. The van der Waals surface area contributed by atoms with Gasteiger partial charge in [-0.25, -0.2) is 0 Å². The van der Waals surface area contributed by atoms with Gasteiger partial charge < -0.3 is 5.11 Å². The van der Waals surface area contributed by atoms with Crippen LogP contribution in [0.5, 0.6) is 0 Å². The van der Waals surface area contributed by atoms with Crippen LogP contribution in [0.15, 0.2) is 0 Å². The predicted octanol–water partition coefficient (Wildman–Crippen LogP) is 5.19. The van der Waals surface area contributed by atoms with Crippen LogP contribution in [0.4, 0.5) is 0 Å². The smallest absolute Gasteiger partial charge is 0.0543 e. The summed E-state index contributed by atoms with van der Waals surface area (Å²) < 4.78 is 0.798. The van der Waals surface area contributed by atoms with E-state index >= 15 is 0 Å². The first-order chi connectivity index (χ1) is 9.94. The summed E-state index contributed by atoms with van der Waals surface area (Å²) in [5, 5.41) is 10.2. The van der Waals surface area contributed by atoms with Crippen LogP contribution in [0.1, 0.15) is 71.6 Å². The van der Waals surface area contributed by atoms with Crippen molar-refractivity contribution in [2.45, 2.75) is 81.7 Å². The molecule has 0 amide bonds. The van der Waals surface area contributed by atoms with Gasteiger partial charge in [0.15, 0.2) is 0 Å². The van der Waals surface area contributed by atoms with Crippen molar-refractivity contribution in [3.05, 3.63) is 0 Å². The number of halogens is 1. The van der Waals surface area contributed by atoms with Gasteiger partial charge in [-0.05, 0) is 85.9 Å². The van der Waals surface area contributed by atoms with Gasteiger partial charge in [0.2, 0.25) is 0 Å². The highest BCUT2D eigenvalue weighted by Gasteiger charge is 2.59. The van der Waals surface area contributed by atoms with Crippen molar-refractivity contribution < 1.29 is 5.11 Å². The Hall–Kier alpha value is 0.690. The summed E-state index contributed by atoms with van der Waals surface area (Å²) >= 11 is 2.75. The van der Waals surface area contributed by atoms with Gasteiger partial charge in [0.05, 0.1) is 6.10 Å². The van der Waals surface area contributed by atoms with E-state index in [0.29, 0.717) is 10.8 Å². The SMILES string of the molecule is CC12CCCC1C1C[C@@H](I)C3CC(O)CC[C@]3(C)C1CC2. The molecule has 0 aromatic heterocycles. The van der Waals surface area contributed by atoms with Gasteiger partial charge in [0.25, 0.3) is 0 Å². The van der Waals surface area contributed by atoms with E-state index < -0.39 is 0 Å². The van der Waals surface area contributed by atoms with E-state index in [0.717, 1.165) is 40.4 Å². The van der Waals surface area contributed by atoms with Crippen LogP contribution in [-0.2, 0) is 0 Å². The van der Waals surface area contributed by atoms with E-state index in [4.69, 9.17) is 0 Å². The maximum Gasteiger partial charge on any atom is 0.0543 e. The van der Waals surface area contributed by atoms with Crippen LogP contribution in [-0.4, -0.2) is 15.1 Å². The topological polar surface area (TPSA) is 20.2 Å². The second-order valence-electron chi connectivity index (χ2n) is 9.25. The second-order valence-corrected chi connectivity index (χ2v) is 10.9. The molecule has 0 aliphatic heterocycles. The molecule has 1 nitrogen and oxygen atoms in total. The maximum absolute atomic E-state index is 10.2. The van der Waals surface area contributed by atoms with Gasteiger partial charge in [0.1, 0.15) is 0 Å². The minimum Gasteiger partial charge on any atom is -0.393 e. The fourth-order valence-electron chi connectivity index (χ4n) is 7.22. The molecule has 1 N–H and O–H groups in total. The quantitative estimate of drug-likeness (QED) is 0.437. The molecule has 0 saturated heterocycles. The van der Waals surface area contributed by atoms with Crippen LogP contribution >= 0.6 is 22.6 Å². The molecule has 4 aliphatic rings. The molecule has 6 unspecified atom stereocenters. The molecule has 4 rings (SSSR count). The van der Waals surface area contributed by atoms with Gasteiger partial charge >= 0.3 is 0 Å². The summed E-state index contributed by atoms with van der Waals surface area (Å²) in [6.07, 6.45) is 12.3. The summed E-state index contributed by atoms with van der Waals surface area (Å²) in [6.45, 7) is 5.20. The lowest BCUT2D eigenvalue weighted by Crippen LogP contribution is -2.56. The third-order valence-electron chi connectivity index (χ3n) is 8.39. The minimum atomic E-state index is -0.0165. The zero-order valence-corrected chi connectivity index (χ0v) is 15.8. The lowest BCUT2D eigenvalue weighted by molar-refractivity contribution is -0.115. The summed E-state index contributed by atoms with van der Waals surface area (Å²) in [6, 6.07) is 0. The van der Waals surface area contributed by atoms with Gasteiger partial charge in [0, 0.05) is 3.92 Å². The number of alkyl halides is 1. The second kappa shape index (κ2) is 5.09. The van der Waals surface area contributed by atoms with E-state index in [2.05, 4.69) is 36.4 Å². The van der Waals surface area contributed by atoms with Crippen LogP contribution < -0.4 is 0 Å². The monoisotopic (exact) mass is 402 g/mol. The van der Waals surface area contributed by atoms with Gasteiger partial charge in [-0.1, -0.05) is 42.9 Å². The van der Waals surface area contributed by atoms with E-state index in [1.807, 2.05) is 0 Å². The van der Waals surface area contributed by atoms with Crippen LogP contribution in [0.25, 0.3) is 0 Å². The normalized spacial score (nSPS) is 60.0. The number of fused-ring (bicyclic) bond motifs is 5. The molecule has 4 aliphatic carbocycles. The Kier molecular flexibility index (Phi) is 3.69. The van der Waals surface area contributed by atoms with Crippen molar-refractivity contribution in [2.24, 2.45) is 34.5 Å². The summed E-state index contributed by atoms with van der Waals surface area (Å²) in [5.41, 5.74) is 1.20. The molecule has 0 aromatic carbocycles. The number of hydrogen-bond donors (Lipinski definition) is 1. The zero-order valence-electron chi connectivity index (χ0n) is 13.7. The minimum absolute atomic E-state index is 0.0165. The first-order valence-corrected chi connectivity index (χ1v) is 10.5. The van der Waals surface area contributed by atoms with Gasteiger partial charge in [-0.2, -0.15) is 0 Å². The number of rotatable bonds is 0. The average molecular weight is 402 g/mol. The molecule has 4 saturated carbocycles. The van der Waals surface area contributed by atoms with Crippen molar-refractivity contribution in [3.63, 3.8) is 0 Å². The Labute approximate surface area is 143 Å². The van der Waals surface area contributed by atoms with Crippen LogP contribution in [0, 0.1) is 34.5 Å². The Morgan fingerprint density at radius 1 is 0.905 bits per heavy atom. The number of hydrogen-bond acceptors (Lipinski definition) is 1. The first-order valence-electron chi connectivity index (χ1n) is 9.26. The fourth-order valence-corrected chi connectivity index (χ4v) is 8.92. The summed E-state index contributed by atoms with van der Waals surface area (Å²) in [7, 11) is 0. The standard InChI is InChI=1S/C19H31IO/c1-18-7-3-4-14(18)13-11-17(20)16-10-12(21)5-9-19(16,2)15(13)6-8-18/h12-17,21H,3-11H2,1-2H3/t12?,13?,14?,15?,16?,17-,18?,19-/m1/s1. The van der Waals surface area contributed by atoms with Gasteiger partial charge in [-0.15, -0.1) is 0 Å². The summed E-state index contributed by atoms with van der Waals surface area (Å²) in [5.74, 6) is 3.73. The lowest BCUT2D eigenvalue weighted by Gasteiger charge is -2.61. The molecule has 4 fully saturated rings. The number of aliphatic hydroxyl groups excluding tert-OH is 1. The number of aliphatic hydroxyl groups is 1. The third kappa shape index (κ3) is 2.17. The van der Waals surface area contributed by atoms with Crippen molar-refractivity contribution in [1.82, 2.24) is 0 Å². The van der Waals surface area contributed by atoms with E-state index in [9.17, 15) is 5.11 Å². The molecular formula is C19H31IO. The van der Waals surface area contributed by atoms with E-state index in [-0.39, 0.29) is 6.10 Å². The van der Waals surface area contributed by atoms with Crippen LogP contribution in [0.2, 0.25) is 0 Å². The molecule has 0 spiro atoms. The first kappa shape index (κ1) is 15.2. The molecule has 0 radical (unpaired) electrons. The van der Waals surface area contributed by atoms with Crippen molar-refractivity contribution >= 4 is 22.6 Å². The van der Waals surface area contributed by atoms with Crippen molar-refractivity contribution in [3.8, 4) is 0 Å². The van der Waals surface area contributed by atoms with Gasteiger partial charge in [-0.3, -0.25) is 0 Å². The average Bonchev–Trinajstić information content (AvgIpc) is 2.83. The maximum atomic E-state index is 10.2. The highest BCUT2D eigenvalue weighted by molar-refractivity contribution is 14.1. The Morgan fingerprint density at radius 2 is 1.71 bits per heavy atom. The Bertz CT molecular complexity index is 424. The molecule has 2 heteroatoms. The van der Waals surface area contributed by atoms with E-state index in [1.54, 1.807) is 0 Å². The highest BCUT2D eigenvalue weighted by Crippen LogP contribution is 2.67. The molecule has 21 heavy (non-hydrogen) atoms. The molecule has 120 valence electrons. The molecule has 0 aromatic rings. The molecular weight excluding hydrogens is 371 g/mol. The van der Waals surface area contributed by atoms with Crippen LogP contribution in [0.3, 0.4) is 0 Å². The summed E-state index contributed by atoms with van der Waals surface area (Å²) in [4.78, 5) is 0. The molecule has 8 atom stereocenters. The van der Waals surface area contributed by atoms with Crippen molar-refractivity contribution in [1.29, 1.82) is 0 Å². The Balaban J connectivity index is 1.66. The molecule has 0 bridgehead atoms. The van der Waals surface area contributed by atoms with E-state index in [1.165, 1.54) is 44.9 Å². The predicted molar refractivity (Wildman–Crippen MR) is 95.5 cm³/mol. The fraction of sp³-hybridized carbons (Fsp3) is 1.00.